The number of urea groups is 1. The topological polar surface area (TPSA) is 41.1 Å². The van der Waals surface area contributed by atoms with E-state index in [0.29, 0.717) is 17.5 Å². The lowest BCUT2D eigenvalue weighted by atomic mass is 9.75. The Hall–Kier alpha value is -0.730. The molecule has 0 bridgehead atoms. The molecule has 3 heteroatoms. The van der Waals surface area contributed by atoms with Crippen molar-refractivity contribution in [3.05, 3.63) is 0 Å². The molecule has 15 heavy (non-hydrogen) atoms. The van der Waals surface area contributed by atoms with Gasteiger partial charge < -0.3 is 10.6 Å². The van der Waals surface area contributed by atoms with Crippen molar-refractivity contribution in [1.82, 2.24) is 10.6 Å². The van der Waals surface area contributed by atoms with E-state index >= 15 is 0 Å². The van der Waals surface area contributed by atoms with Gasteiger partial charge in [-0.1, -0.05) is 20.3 Å². The van der Waals surface area contributed by atoms with E-state index in [1.165, 1.54) is 12.8 Å². The van der Waals surface area contributed by atoms with Crippen molar-refractivity contribution in [3.63, 3.8) is 0 Å². The first-order valence-electron chi connectivity index (χ1n) is 6.12. The van der Waals surface area contributed by atoms with Crippen molar-refractivity contribution in [2.24, 2.45) is 5.41 Å². The molecule has 0 aliphatic heterocycles. The number of rotatable bonds is 2. The number of carbonyl (C=O) groups is 1. The van der Waals surface area contributed by atoms with E-state index in [4.69, 9.17) is 0 Å². The van der Waals surface area contributed by atoms with Gasteiger partial charge in [0.25, 0.3) is 0 Å². The maximum atomic E-state index is 11.6. The lowest BCUT2D eigenvalue weighted by molar-refractivity contribution is 0.191. The van der Waals surface area contributed by atoms with Crippen LogP contribution in [0.5, 0.6) is 0 Å². The molecule has 2 fully saturated rings. The molecule has 3 nitrogen and oxygen atoms in total. The number of hydrogen-bond acceptors (Lipinski definition) is 1. The van der Waals surface area contributed by atoms with Gasteiger partial charge in [0.15, 0.2) is 0 Å². The van der Waals surface area contributed by atoms with E-state index < -0.39 is 0 Å². The van der Waals surface area contributed by atoms with E-state index in [2.05, 4.69) is 24.5 Å². The summed E-state index contributed by atoms with van der Waals surface area (Å²) in [6.07, 6.45) is 7.09. The fourth-order valence-electron chi connectivity index (χ4n) is 2.46. The van der Waals surface area contributed by atoms with Gasteiger partial charge in [0.05, 0.1) is 0 Å². The fourth-order valence-corrected chi connectivity index (χ4v) is 2.46. The van der Waals surface area contributed by atoms with Gasteiger partial charge in [-0.15, -0.1) is 0 Å². The summed E-state index contributed by atoms with van der Waals surface area (Å²) in [6, 6.07) is 0.884. The highest BCUT2D eigenvalue weighted by atomic mass is 16.2. The van der Waals surface area contributed by atoms with Crippen molar-refractivity contribution in [3.8, 4) is 0 Å². The molecule has 2 saturated carbocycles. The first-order chi connectivity index (χ1) is 7.05. The van der Waals surface area contributed by atoms with Crippen LogP contribution in [0.4, 0.5) is 4.79 Å². The third-order valence-electron chi connectivity index (χ3n) is 3.45. The van der Waals surface area contributed by atoms with Gasteiger partial charge in [-0.2, -0.15) is 0 Å². The van der Waals surface area contributed by atoms with Gasteiger partial charge in [-0.3, -0.25) is 0 Å². The zero-order chi connectivity index (χ0) is 10.9. The van der Waals surface area contributed by atoms with E-state index in [1.807, 2.05) is 0 Å². The van der Waals surface area contributed by atoms with Gasteiger partial charge in [0.1, 0.15) is 0 Å². The van der Waals surface area contributed by atoms with Crippen LogP contribution >= 0.6 is 0 Å². The first-order valence-corrected chi connectivity index (χ1v) is 6.12. The Labute approximate surface area is 92.0 Å². The molecular formula is C12H22N2O. The van der Waals surface area contributed by atoms with Crippen LogP contribution in [0.25, 0.3) is 0 Å². The molecule has 0 aromatic rings. The van der Waals surface area contributed by atoms with E-state index in [9.17, 15) is 4.79 Å². The van der Waals surface area contributed by atoms with Crippen LogP contribution in [-0.2, 0) is 0 Å². The molecule has 2 aliphatic carbocycles. The van der Waals surface area contributed by atoms with Gasteiger partial charge in [-0.25, -0.2) is 4.79 Å². The van der Waals surface area contributed by atoms with Crippen LogP contribution in [0.1, 0.15) is 52.4 Å². The van der Waals surface area contributed by atoms with Crippen molar-refractivity contribution in [1.29, 1.82) is 0 Å². The Morgan fingerprint density at radius 2 is 1.80 bits per heavy atom. The molecule has 1 unspecified atom stereocenters. The quantitative estimate of drug-likeness (QED) is 0.722. The minimum Gasteiger partial charge on any atom is -0.335 e. The number of nitrogens with one attached hydrogen (secondary N) is 2. The highest BCUT2D eigenvalue weighted by Crippen LogP contribution is 2.35. The third kappa shape index (κ3) is 3.40. The number of amides is 2. The summed E-state index contributed by atoms with van der Waals surface area (Å²) in [4.78, 5) is 11.6. The van der Waals surface area contributed by atoms with Gasteiger partial charge in [-0.05, 0) is 37.5 Å². The average Bonchev–Trinajstić information content (AvgIpc) is 2.85. The van der Waals surface area contributed by atoms with E-state index in [-0.39, 0.29) is 6.03 Å². The van der Waals surface area contributed by atoms with E-state index in [0.717, 1.165) is 25.7 Å². The van der Waals surface area contributed by atoms with Crippen LogP contribution in [0.15, 0.2) is 0 Å². The van der Waals surface area contributed by atoms with Crippen molar-refractivity contribution in [2.45, 2.75) is 64.5 Å². The van der Waals surface area contributed by atoms with Crippen LogP contribution in [0, 0.1) is 5.41 Å². The first kappa shape index (κ1) is 10.8. The lowest BCUT2D eigenvalue weighted by Gasteiger charge is -2.35. The molecule has 2 amide bonds. The minimum absolute atomic E-state index is 0.0419. The van der Waals surface area contributed by atoms with Gasteiger partial charge >= 0.3 is 6.03 Å². The molecular weight excluding hydrogens is 188 g/mol. The van der Waals surface area contributed by atoms with Crippen molar-refractivity contribution in [2.75, 3.05) is 0 Å². The van der Waals surface area contributed by atoms with Crippen LogP contribution in [-0.4, -0.2) is 18.1 Å². The summed E-state index contributed by atoms with van der Waals surface area (Å²) < 4.78 is 0. The largest absolute Gasteiger partial charge is 0.335 e. The molecule has 1 atom stereocenters. The average molecular weight is 210 g/mol. The third-order valence-corrected chi connectivity index (χ3v) is 3.45. The maximum Gasteiger partial charge on any atom is 0.315 e. The summed E-state index contributed by atoms with van der Waals surface area (Å²) in [7, 11) is 0. The summed E-state index contributed by atoms with van der Waals surface area (Å²) in [5.74, 6) is 0. The van der Waals surface area contributed by atoms with Crippen molar-refractivity contribution >= 4 is 6.03 Å². The second-order valence-electron chi connectivity index (χ2n) is 5.85. The Balaban J connectivity index is 1.75. The zero-order valence-electron chi connectivity index (χ0n) is 9.81. The Kier molecular flexibility index (Phi) is 2.89. The minimum atomic E-state index is 0.0419. The molecule has 0 heterocycles. The molecule has 0 saturated heterocycles. The molecule has 0 aromatic carbocycles. The highest BCUT2D eigenvalue weighted by molar-refractivity contribution is 5.74. The summed E-state index contributed by atoms with van der Waals surface area (Å²) >= 11 is 0. The molecule has 0 radical (unpaired) electrons. The molecule has 2 N–H and O–H groups in total. The predicted octanol–water partition coefficient (Wildman–Crippen LogP) is 2.42. The molecule has 2 rings (SSSR count). The predicted molar refractivity (Wildman–Crippen MR) is 60.7 cm³/mol. The SMILES string of the molecule is CC1(C)CCCC(NC(=O)NC2CC2)C1. The number of carbonyl (C=O) groups excluding carboxylic acids is 1. The Morgan fingerprint density at radius 1 is 1.13 bits per heavy atom. The fraction of sp³-hybridized carbons (Fsp3) is 0.917. The lowest BCUT2D eigenvalue weighted by Crippen LogP contribution is -2.46. The van der Waals surface area contributed by atoms with Gasteiger partial charge in [0.2, 0.25) is 0 Å². The molecule has 0 spiro atoms. The number of hydrogen-bond donors (Lipinski definition) is 2. The molecule has 2 aliphatic rings. The van der Waals surface area contributed by atoms with Crippen LogP contribution in [0.3, 0.4) is 0 Å². The molecule has 0 aromatic heterocycles. The van der Waals surface area contributed by atoms with E-state index in [1.54, 1.807) is 0 Å². The van der Waals surface area contributed by atoms with Crippen LogP contribution in [0.2, 0.25) is 0 Å². The zero-order valence-corrected chi connectivity index (χ0v) is 9.81. The van der Waals surface area contributed by atoms with Crippen LogP contribution < -0.4 is 10.6 Å². The Bertz CT molecular complexity index is 246. The summed E-state index contributed by atoms with van der Waals surface area (Å²) in [5.41, 5.74) is 0.399. The maximum absolute atomic E-state index is 11.6. The second kappa shape index (κ2) is 4.03. The molecule has 86 valence electrons. The highest BCUT2D eigenvalue weighted by Gasteiger charge is 2.30. The second-order valence-corrected chi connectivity index (χ2v) is 5.85. The summed E-state index contributed by atoms with van der Waals surface area (Å²) in [6.45, 7) is 4.58. The summed E-state index contributed by atoms with van der Waals surface area (Å²) in [5, 5.41) is 6.07. The normalized spacial score (nSPS) is 29.6. The Morgan fingerprint density at radius 3 is 2.40 bits per heavy atom. The smallest absolute Gasteiger partial charge is 0.315 e. The monoisotopic (exact) mass is 210 g/mol. The van der Waals surface area contributed by atoms with Crippen molar-refractivity contribution < 1.29 is 4.79 Å². The standard InChI is InChI=1S/C12H22N2O/c1-12(2)7-3-4-10(8-12)14-11(15)13-9-5-6-9/h9-10H,3-8H2,1-2H3,(H2,13,14,15). The van der Waals surface area contributed by atoms with Gasteiger partial charge in [0, 0.05) is 12.1 Å².